The zero-order valence-electron chi connectivity index (χ0n) is 5.68. The van der Waals surface area contributed by atoms with Gasteiger partial charge in [-0.05, 0) is 18.9 Å². The minimum Gasteiger partial charge on any atom is -0.269 e. The van der Waals surface area contributed by atoms with Crippen LogP contribution in [-0.4, -0.2) is 9.78 Å². The van der Waals surface area contributed by atoms with Crippen LogP contribution < -0.4 is 0 Å². The number of aryl methyl sites for hydroxylation is 2. The summed E-state index contributed by atoms with van der Waals surface area (Å²) in [6.07, 6.45) is 2.41. The van der Waals surface area contributed by atoms with Crippen molar-refractivity contribution in [2.75, 3.05) is 0 Å². The van der Waals surface area contributed by atoms with Gasteiger partial charge in [0.05, 0.1) is 11.6 Å². The Labute approximate surface area is 64.8 Å². The predicted molar refractivity (Wildman–Crippen MR) is 40.1 cm³/mol. The molecule has 0 N–H and O–H groups in total. The Morgan fingerprint density at radius 3 is 3.30 bits per heavy atom. The molecule has 2 nitrogen and oxygen atoms in total. The number of halogens is 1. The van der Waals surface area contributed by atoms with E-state index in [-0.39, 0.29) is 0 Å². The van der Waals surface area contributed by atoms with Crippen molar-refractivity contribution in [3.05, 3.63) is 17.5 Å². The highest BCUT2D eigenvalue weighted by atomic mass is 35.5. The zero-order chi connectivity index (χ0) is 6.97. The van der Waals surface area contributed by atoms with Crippen molar-refractivity contribution >= 4 is 11.6 Å². The molecule has 0 unspecified atom stereocenters. The monoisotopic (exact) mass is 156 g/mol. The Kier molecular flexibility index (Phi) is 1.42. The molecule has 0 saturated heterocycles. The van der Waals surface area contributed by atoms with Gasteiger partial charge in [-0.1, -0.05) is 0 Å². The minimum absolute atomic E-state index is 0.542. The molecule has 1 aromatic rings. The Balaban J connectivity index is 2.37. The second-order valence-electron chi connectivity index (χ2n) is 2.59. The average molecular weight is 157 g/mol. The number of hydrogen-bond acceptors (Lipinski definition) is 1. The molecule has 10 heavy (non-hydrogen) atoms. The number of rotatable bonds is 1. The van der Waals surface area contributed by atoms with Gasteiger partial charge < -0.3 is 0 Å². The lowest BCUT2D eigenvalue weighted by Crippen LogP contribution is -1.94. The summed E-state index contributed by atoms with van der Waals surface area (Å²) < 4.78 is 2.05. The van der Waals surface area contributed by atoms with Crippen molar-refractivity contribution in [1.82, 2.24) is 9.78 Å². The predicted octanol–water partition coefficient (Wildman–Crippen LogP) is 1.57. The van der Waals surface area contributed by atoms with Crippen molar-refractivity contribution in [3.63, 3.8) is 0 Å². The lowest BCUT2D eigenvalue weighted by Gasteiger charge is -1.89. The van der Waals surface area contributed by atoms with Crippen LogP contribution in [0.15, 0.2) is 6.07 Å². The summed E-state index contributed by atoms with van der Waals surface area (Å²) in [5.41, 5.74) is 2.35. The van der Waals surface area contributed by atoms with Crippen molar-refractivity contribution in [3.8, 4) is 0 Å². The maximum absolute atomic E-state index is 5.62. The van der Waals surface area contributed by atoms with E-state index in [1.807, 2.05) is 0 Å². The van der Waals surface area contributed by atoms with E-state index in [4.69, 9.17) is 11.6 Å². The molecule has 0 bridgehead atoms. The Bertz CT molecular complexity index is 220. The van der Waals surface area contributed by atoms with Crippen LogP contribution >= 0.6 is 11.6 Å². The fraction of sp³-hybridized carbons (Fsp3) is 0.571. The summed E-state index contributed by atoms with van der Waals surface area (Å²) in [5.74, 6) is 0.542. The smallest absolute Gasteiger partial charge is 0.0775 e. The first-order valence-electron chi connectivity index (χ1n) is 3.52. The van der Waals surface area contributed by atoms with Crippen molar-refractivity contribution in [2.45, 2.75) is 25.3 Å². The van der Waals surface area contributed by atoms with Crippen LogP contribution in [0.2, 0.25) is 0 Å². The second-order valence-corrected chi connectivity index (χ2v) is 2.85. The van der Waals surface area contributed by atoms with E-state index in [0.717, 1.165) is 12.2 Å². The molecule has 1 aliphatic rings. The molecule has 0 aromatic carbocycles. The summed E-state index contributed by atoms with van der Waals surface area (Å²) in [6.45, 7) is 1.08. The van der Waals surface area contributed by atoms with E-state index in [9.17, 15) is 0 Å². The molecule has 0 radical (unpaired) electrons. The van der Waals surface area contributed by atoms with Crippen LogP contribution in [0.4, 0.5) is 0 Å². The van der Waals surface area contributed by atoms with Crippen LogP contribution in [0.5, 0.6) is 0 Å². The van der Waals surface area contributed by atoms with Crippen LogP contribution in [0, 0.1) is 0 Å². The van der Waals surface area contributed by atoms with Crippen LogP contribution in [-0.2, 0) is 18.8 Å². The highest BCUT2D eigenvalue weighted by Gasteiger charge is 2.11. The van der Waals surface area contributed by atoms with Gasteiger partial charge in [0, 0.05) is 12.2 Å². The molecule has 0 saturated carbocycles. The van der Waals surface area contributed by atoms with Crippen molar-refractivity contribution in [1.29, 1.82) is 0 Å². The number of fused-ring (bicyclic) bond motifs is 1. The van der Waals surface area contributed by atoms with Gasteiger partial charge in [-0.15, -0.1) is 11.6 Å². The summed E-state index contributed by atoms with van der Waals surface area (Å²) in [5, 5.41) is 4.29. The van der Waals surface area contributed by atoms with Gasteiger partial charge in [0.1, 0.15) is 0 Å². The SMILES string of the molecule is ClCc1cc2n(n1)CCC2. The van der Waals surface area contributed by atoms with E-state index in [1.54, 1.807) is 0 Å². The molecule has 2 rings (SSSR count). The number of hydrogen-bond donors (Lipinski definition) is 0. The van der Waals surface area contributed by atoms with E-state index >= 15 is 0 Å². The summed E-state index contributed by atoms with van der Waals surface area (Å²) in [7, 11) is 0. The summed E-state index contributed by atoms with van der Waals surface area (Å²) in [4.78, 5) is 0. The molecule has 0 aliphatic carbocycles. The third-order valence-electron chi connectivity index (χ3n) is 1.85. The number of nitrogens with zero attached hydrogens (tertiary/aromatic N) is 2. The Hall–Kier alpha value is -0.500. The van der Waals surface area contributed by atoms with Gasteiger partial charge in [-0.25, -0.2) is 0 Å². The van der Waals surface area contributed by atoms with Crippen molar-refractivity contribution in [2.24, 2.45) is 0 Å². The molecular weight excluding hydrogens is 148 g/mol. The maximum Gasteiger partial charge on any atom is 0.0775 e. The van der Waals surface area contributed by atoms with E-state index < -0.39 is 0 Å². The first-order chi connectivity index (χ1) is 4.90. The lowest BCUT2D eigenvalue weighted by molar-refractivity contribution is 0.649. The van der Waals surface area contributed by atoms with Crippen LogP contribution in [0.1, 0.15) is 17.8 Å². The standard InChI is InChI=1S/C7H9ClN2/c8-5-6-4-7-2-1-3-10(7)9-6/h4H,1-3,5H2. The average Bonchev–Trinajstić information content (AvgIpc) is 2.42. The topological polar surface area (TPSA) is 17.8 Å². The van der Waals surface area contributed by atoms with Gasteiger partial charge in [0.15, 0.2) is 0 Å². The first kappa shape index (κ1) is 6.23. The van der Waals surface area contributed by atoms with Crippen LogP contribution in [0.25, 0.3) is 0 Å². The molecular formula is C7H9ClN2. The fourth-order valence-electron chi connectivity index (χ4n) is 1.39. The number of alkyl halides is 1. The first-order valence-corrected chi connectivity index (χ1v) is 4.05. The molecule has 1 aliphatic heterocycles. The van der Waals surface area contributed by atoms with Gasteiger partial charge >= 0.3 is 0 Å². The third kappa shape index (κ3) is 0.833. The highest BCUT2D eigenvalue weighted by molar-refractivity contribution is 6.16. The van der Waals surface area contributed by atoms with E-state index in [0.29, 0.717) is 5.88 Å². The zero-order valence-corrected chi connectivity index (χ0v) is 6.43. The largest absolute Gasteiger partial charge is 0.269 e. The molecule has 54 valence electrons. The van der Waals surface area contributed by atoms with E-state index in [2.05, 4.69) is 15.8 Å². The van der Waals surface area contributed by atoms with Gasteiger partial charge in [-0.3, -0.25) is 4.68 Å². The van der Waals surface area contributed by atoms with Gasteiger partial charge in [0.25, 0.3) is 0 Å². The van der Waals surface area contributed by atoms with E-state index in [1.165, 1.54) is 18.5 Å². The quantitative estimate of drug-likeness (QED) is 0.565. The van der Waals surface area contributed by atoms with Gasteiger partial charge in [0.2, 0.25) is 0 Å². The third-order valence-corrected chi connectivity index (χ3v) is 2.13. The molecule has 3 heteroatoms. The van der Waals surface area contributed by atoms with Crippen molar-refractivity contribution < 1.29 is 0 Å². The fourth-order valence-corrected chi connectivity index (χ4v) is 1.52. The lowest BCUT2D eigenvalue weighted by atomic mass is 10.3. The Morgan fingerprint density at radius 1 is 1.70 bits per heavy atom. The summed E-state index contributed by atoms with van der Waals surface area (Å²) in [6, 6.07) is 2.10. The molecule has 0 atom stereocenters. The molecule has 1 aromatic heterocycles. The molecule has 0 spiro atoms. The molecule has 0 amide bonds. The second kappa shape index (κ2) is 2.27. The molecule has 0 fully saturated rings. The van der Waals surface area contributed by atoms with Crippen LogP contribution in [0.3, 0.4) is 0 Å². The normalized spacial score (nSPS) is 15.7. The minimum atomic E-state index is 0.542. The van der Waals surface area contributed by atoms with Gasteiger partial charge in [-0.2, -0.15) is 5.10 Å². The molecule has 2 heterocycles. The maximum atomic E-state index is 5.62. The number of aromatic nitrogens is 2. The Morgan fingerprint density at radius 2 is 2.60 bits per heavy atom. The summed E-state index contributed by atoms with van der Waals surface area (Å²) >= 11 is 5.62. The highest BCUT2D eigenvalue weighted by Crippen LogP contribution is 2.15.